The minimum absolute atomic E-state index is 0.0535. The summed E-state index contributed by atoms with van der Waals surface area (Å²) in [5.41, 5.74) is 0. The topological polar surface area (TPSA) is 147 Å². The maximum Gasteiger partial charge on any atom is 0.472 e. The standard InChI is InChI=1S/C7H17NO9P2/c1-13-19(11,12)17-5-3-7(16-8)15-6(5)4-14-18(2,9)10/h5-7H,3-4,8H2,1-2H3,(H,9,10)(H,11,12). The maximum absolute atomic E-state index is 11.3. The highest BCUT2D eigenvalue weighted by atomic mass is 31.2. The van der Waals surface area contributed by atoms with Crippen molar-refractivity contribution in [2.24, 2.45) is 5.90 Å². The van der Waals surface area contributed by atoms with Gasteiger partial charge in [-0.25, -0.2) is 10.5 Å². The molecular weight excluding hydrogens is 304 g/mol. The van der Waals surface area contributed by atoms with Gasteiger partial charge >= 0.3 is 15.4 Å². The summed E-state index contributed by atoms with van der Waals surface area (Å²) >= 11 is 0. The van der Waals surface area contributed by atoms with Gasteiger partial charge in [0.15, 0.2) is 6.29 Å². The fourth-order valence-corrected chi connectivity index (χ4v) is 2.52. The number of ether oxygens (including phenoxy) is 1. The minimum Gasteiger partial charge on any atom is -0.342 e. The van der Waals surface area contributed by atoms with Crippen LogP contribution in [-0.2, 0) is 32.3 Å². The molecule has 114 valence electrons. The van der Waals surface area contributed by atoms with Gasteiger partial charge in [0.25, 0.3) is 0 Å². The van der Waals surface area contributed by atoms with Crippen LogP contribution in [0, 0.1) is 0 Å². The monoisotopic (exact) mass is 321 g/mol. The summed E-state index contributed by atoms with van der Waals surface area (Å²) in [6.45, 7) is 0.680. The Labute approximate surface area is 109 Å². The van der Waals surface area contributed by atoms with Gasteiger partial charge in [-0.2, -0.15) is 0 Å². The predicted octanol–water partition coefficient (Wildman–Crippen LogP) is -0.0445. The Morgan fingerprint density at radius 3 is 2.53 bits per heavy atom. The molecule has 1 aliphatic rings. The molecule has 1 aliphatic heterocycles. The van der Waals surface area contributed by atoms with Crippen molar-refractivity contribution in [3.63, 3.8) is 0 Å². The van der Waals surface area contributed by atoms with E-state index in [0.29, 0.717) is 0 Å². The molecule has 0 radical (unpaired) electrons. The molecule has 0 aliphatic carbocycles. The summed E-state index contributed by atoms with van der Waals surface area (Å²) in [5, 5.41) is 0. The zero-order chi connectivity index (χ0) is 14.7. The van der Waals surface area contributed by atoms with Crippen LogP contribution in [0.15, 0.2) is 0 Å². The van der Waals surface area contributed by atoms with Crippen LogP contribution in [0.4, 0.5) is 0 Å². The first-order valence-corrected chi connectivity index (χ1v) is 8.71. The molecule has 0 aromatic heterocycles. The number of hydrogen-bond donors (Lipinski definition) is 3. The fraction of sp³-hybridized carbons (Fsp3) is 1.00. The molecule has 0 amide bonds. The van der Waals surface area contributed by atoms with Crippen molar-refractivity contribution in [2.45, 2.75) is 24.9 Å². The van der Waals surface area contributed by atoms with Crippen LogP contribution >= 0.6 is 15.4 Å². The Hall–Kier alpha value is 0.140. The maximum atomic E-state index is 11.3. The number of rotatable bonds is 7. The molecule has 5 atom stereocenters. The highest BCUT2D eigenvalue weighted by Gasteiger charge is 2.41. The Kier molecular flexibility index (Phi) is 6.09. The summed E-state index contributed by atoms with van der Waals surface area (Å²) in [6.07, 6.45) is -2.62. The van der Waals surface area contributed by atoms with Gasteiger partial charge in [0.2, 0.25) is 0 Å². The summed E-state index contributed by atoms with van der Waals surface area (Å²) in [5.74, 6) is 4.95. The van der Waals surface area contributed by atoms with Gasteiger partial charge in [0, 0.05) is 20.2 Å². The molecule has 1 heterocycles. The summed E-state index contributed by atoms with van der Waals surface area (Å²) in [4.78, 5) is 22.7. The first-order valence-electron chi connectivity index (χ1n) is 5.19. The summed E-state index contributed by atoms with van der Waals surface area (Å²) in [7, 11) is -6.92. The number of nitrogens with two attached hydrogens (primary N) is 1. The smallest absolute Gasteiger partial charge is 0.342 e. The molecule has 0 aromatic carbocycles. The Morgan fingerprint density at radius 1 is 1.42 bits per heavy atom. The largest absolute Gasteiger partial charge is 0.472 e. The highest BCUT2D eigenvalue weighted by molar-refractivity contribution is 7.51. The molecule has 4 N–H and O–H groups in total. The molecule has 10 nitrogen and oxygen atoms in total. The normalized spacial score (nSPS) is 33.8. The second kappa shape index (κ2) is 6.73. The van der Waals surface area contributed by atoms with Crippen LogP contribution in [0.1, 0.15) is 6.42 Å². The van der Waals surface area contributed by atoms with Crippen LogP contribution in [0.25, 0.3) is 0 Å². The van der Waals surface area contributed by atoms with Crippen molar-refractivity contribution in [1.82, 2.24) is 0 Å². The van der Waals surface area contributed by atoms with E-state index in [-0.39, 0.29) is 13.0 Å². The van der Waals surface area contributed by atoms with Crippen LogP contribution in [0.5, 0.6) is 0 Å². The van der Waals surface area contributed by atoms with Crippen LogP contribution < -0.4 is 5.90 Å². The van der Waals surface area contributed by atoms with Crippen LogP contribution in [0.3, 0.4) is 0 Å². The second-order valence-corrected chi connectivity index (χ2v) is 7.25. The lowest BCUT2D eigenvalue weighted by molar-refractivity contribution is -0.143. The number of phosphoric acid groups is 1. The van der Waals surface area contributed by atoms with Crippen molar-refractivity contribution < 1.29 is 42.1 Å². The molecular formula is C7H17NO9P2. The van der Waals surface area contributed by atoms with Crippen molar-refractivity contribution >= 4 is 15.4 Å². The molecule has 5 unspecified atom stereocenters. The van der Waals surface area contributed by atoms with Crippen LogP contribution in [-0.4, -0.2) is 48.7 Å². The molecule has 0 bridgehead atoms. The zero-order valence-corrected chi connectivity index (χ0v) is 12.2. The third-order valence-electron chi connectivity index (χ3n) is 2.30. The molecule has 1 fully saturated rings. The second-order valence-electron chi connectivity index (χ2n) is 3.87. The Balaban J connectivity index is 2.64. The van der Waals surface area contributed by atoms with Crippen molar-refractivity contribution in [3.8, 4) is 0 Å². The van der Waals surface area contributed by atoms with Gasteiger partial charge in [-0.1, -0.05) is 0 Å². The third kappa shape index (κ3) is 5.97. The lowest BCUT2D eigenvalue weighted by atomic mass is 10.2. The highest BCUT2D eigenvalue weighted by Crippen LogP contribution is 2.47. The van der Waals surface area contributed by atoms with Crippen molar-refractivity contribution in [2.75, 3.05) is 20.4 Å². The average Bonchev–Trinajstić information content (AvgIpc) is 2.67. The van der Waals surface area contributed by atoms with Crippen molar-refractivity contribution in [1.29, 1.82) is 0 Å². The first-order chi connectivity index (χ1) is 8.67. The summed E-state index contributed by atoms with van der Waals surface area (Å²) < 4.78 is 41.3. The van der Waals surface area contributed by atoms with Crippen molar-refractivity contribution in [3.05, 3.63) is 0 Å². The van der Waals surface area contributed by atoms with Gasteiger partial charge in [0.1, 0.15) is 12.2 Å². The molecule has 1 rings (SSSR count). The Morgan fingerprint density at radius 2 is 2.05 bits per heavy atom. The predicted molar refractivity (Wildman–Crippen MR) is 62.0 cm³/mol. The van der Waals surface area contributed by atoms with Gasteiger partial charge in [-0.15, -0.1) is 0 Å². The molecule has 19 heavy (non-hydrogen) atoms. The summed E-state index contributed by atoms with van der Waals surface area (Å²) in [6, 6.07) is 0. The molecule has 0 aromatic rings. The van der Waals surface area contributed by atoms with E-state index in [9.17, 15) is 14.0 Å². The van der Waals surface area contributed by atoms with E-state index in [2.05, 4.69) is 13.9 Å². The van der Waals surface area contributed by atoms with Gasteiger partial charge in [0.05, 0.1) is 6.61 Å². The quantitative estimate of drug-likeness (QED) is 0.431. The third-order valence-corrected chi connectivity index (χ3v) is 3.92. The van der Waals surface area contributed by atoms with E-state index in [1.165, 1.54) is 0 Å². The minimum atomic E-state index is -4.22. The van der Waals surface area contributed by atoms with E-state index < -0.39 is 33.9 Å². The molecule has 1 saturated heterocycles. The van der Waals surface area contributed by atoms with E-state index in [1.54, 1.807) is 0 Å². The van der Waals surface area contributed by atoms with Gasteiger partial charge in [-0.05, 0) is 0 Å². The van der Waals surface area contributed by atoms with E-state index in [4.69, 9.17) is 20.1 Å². The van der Waals surface area contributed by atoms with Gasteiger partial charge in [-0.3, -0.25) is 18.5 Å². The number of hydrogen-bond acceptors (Lipinski definition) is 8. The lowest BCUT2D eigenvalue weighted by Crippen LogP contribution is -2.28. The number of phosphoric ester groups is 1. The van der Waals surface area contributed by atoms with E-state index in [1.807, 2.05) is 0 Å². The van der Waals surface area contributed by atoms with E-state index >= 15 is 0 Å². The zero-order valence-electron chi connectivity index (χ0n) is 10.4. The lowest BCUT2D eigenvalue weighted by Gasteiger charge is -2.20. The molecule has 0 spiro atoms. The SMILES string of the molecule is COP(=O)(O)OC1CC(ON)OC1COP(C)(=O)O. The van der Waals surface area contributed by atoms with Crippen LogP contribution in [0.2, 0.25) is 0 Å². The first kappa shape index (κ1) is 17.2. The molecule has 12 heteroatoms. The van der Waals surface area contributed by atoms with Gasteiger partial charge < -0.3 is 19.0 Å². The van der Waals surface area contributed by atoms with E-state index in [0.717, 1.165) is 13.8 Å². The Bertz CT molecular complexity index is 385. The fourth-order valence-electron chi connectivity index (χ4n) is 1.45. The molecule has 0 saturated carbocycles. The average molecular weight is 321 g/mol.